The molecule has 0 heterocycles. The highest BCUT2D eigenvalue weighted by Gasteiger charge is 2.19. The smallest absolute Gasteiger partial charge is 0.233 e. The fraction of sp³-hybridized carbons (Fsp3) is 0.235. The monoisotopic (exact) mass is 389 g/mol. The zero-order valence-electron chi connectivity index (χ0n) is 12.9. The molecule has 0 aliphatic heterocycles. The van der Waals surface area contributed by atoms with Crippen LogP contribution in [0.1, 0.15) is 25.5 Å². The molecule has 0 unspecified atom stereocenters. The Morgan fingerprint density at radius 3 is 2.42 bits per heavy atom. The van der Waals surface area contributed by atoms with Gasteiger partial charge >= 0.3 is 0 Å². The molecule has 0 aliphatic carbocycles. The highest BCUT2D eigenvalue weighted by Crippen LogP contribution is 2.28. The van der Waals surface area contributed by atoms with Crippen LogP contribution in [0.25, 0.3) is 0 Å². The average molecular weight is 390 g/mol. The van der Waals surface area contributed by atoms with Crippen LogP contribution in [0.15, 0.2) is 41.3 Å². The van der Waals surface area contributed by atoms with Crippen molar-refractivity contribution in [2.45, 2.75) is 30.0 Å². The van der Waals surface area contributed by atoms with Crippen LogP contribution < -0.4 is 5.32 Å². The van der Waals surface area contributed by atoms with Crippen LogP contribution in [0.5, 0.6) is 0 Å². The minimum absolute atomic E-state index is 0.233. The van der Waals surface area contributed by atoms with Crippen molar-refractivity contribution >= 4 is 40.9 Å². The normalized spacial score (nSPS) is 13.4. The molecule has 0 saturated heterocycles. The molecule has 7 heteroatoms. The first-order chi connectivity index (χ1) is 11.3. The summed E-state index contributed by atoms with van der Waals surface area (Å²) in [7, 11) is 0. The first kappa shape index (κ1) is 19.0. The third-order valence-corrected chi connectivity index (χ3v) is 5.02. The van der Waals surface area contributed by atoms with Crippen LogP contribution in [0.4, 0.5) is 8.78 Å². The summed E-state index contributed by atoms with van der Waals surface area (Å²) in [5.41, 5.74) is 0.749. The third-order valence-electron chi connectivity index (χ3n) is 3.36. The van der Waals surface area contributed by atoms with E-state index in [1.165, 1.54) is 6.07 Å². The maximum atomic E-state index is 13.2. The van der Waals surface area contributed by atoms with Crippen molar-refractivity contribution < 1.29 is 13.6 Å². The highest BCUT2D eigenvalue weighted by atomic mass is 35.5. The number of nitrogens with one attached hydrogen (secondary N) is 1. The van der Waals surface area contributed by atoms with Gasteiger partial charge in [0.2, 0.25) is 5.91 Å². The number of carbonyl (C=O) groups is 1. The van der Waals surface area contributed by atoms with Crippen LogP contribution in [-0.2, 0) is 4.79 Å². The van der Waals surface area contributed by atoms with E-state index in [2.05, 4.69) is 5.32 Å². The van der Waals surface area contributed by atoms with Gasteiger partial charge in [0.15, 0.2) is 11.6 Å². The molecule has 0 aromatic heterocycles. The lowest BCUT2D eigenvalue weighted by molar-refractivity contribution is -0.120. The van der Waals surface area contributed by atoms with Crippen molar-refractivity contribution in [3.8, 4) is 0 Å². The van der Waals surface area contributed by atoms with E-state index in [1.807, 2.05) is 6.92 Å². The quantitative estimate of drug-likeness (QED) is 0.671. The number of amides is 1. The largest absolute Gasteiger partial charge is 0.349 e. The number of halogens is 4. The number of rotatable bonds is 5. The van der Waals surface area contributed by atoms with Gasteiger partial charge in [-0.15, -0.1) is 11.8 Å². The molecule has 0 aliphatic rings. The number of hydrogen-bond acceptors (Lipinski definition) is 2. The standard InChI is InChI=1S/C17H15Cl2F2NOS/c1-9(13-5-3-11(18)7-14(13)19)22-17(23)10(2)24-12-4-6-15(20)16(21)8-12/h3-10H,1-2H3,(H,22,23)/t9-,10+/m1/s1. The summed E-state index contributed by atoms with van der Waals surface area (Å²) in [5.74, 6) is -2.08. The Morgan fingerprint density at radius 2 is 1.79 bits per heavy atom. The van der Waals surface area contributed by atoms with Crippen molar-refractivity contribution in [1.29, 1.82) is 0 Å². The summed E-state index contributed by atoms with van der Waals surface area (Å²) < 4.78 is 26.2. The van der Waals surface area contributed by atoms with Crippen molar-refractivity contribution in [2.75, 3.05) is 0 Å². The second kappa shape index (κ2) is 8.19. The van der Waals surface area contributed by atoms with E-state index >= 15 is 0 Å². The molecule has 128 valence electrons. The molecule has 2 aromatic carbocycles. The lowest BCUT2D eigenvalue weighted by Crippen LogP contribution is -2.33. The summed E-state index contributed by atoms with van der Waals surface area (Å²) >= 11 is 13.1. The Kier molecular flexibility index (Phi) is 6.49. The van der Waals surface area contributed by atoms with Crippen molar-refractivity contribution in [2.24, 2.45) is 0 Å². The SMILES string of the molecule is C[C@H](Sc1ccc(F)c(F)c1)C(=O)N[C@H](C)c1ccc(Cl)cc1Cl. The summed E-state index contributed by atoms with van der Waals surface area (Å²) in [6.45, 7) is 3.50. The topological polar surface area (TPSA) is 29.1 Å². The van der Waals surface area contributed by atoms with Crippen LogP contribution in [0, 0.1) is 11.6 Å². The molecule has 1 N–H and O–H groups in total. The van der Waals surface area contributed by atoms with E-state index in [0.29, 0.717) is 14.9 Å². The maximum Gasteiger partial charge on any atom is 0.233 e. The summed E-state index contributed by atoms with van der Waals surface area (Å²) in [6, 6.07) is 8.30. The maximum absolute atomic E-state index is 13.2. The molecule has 1 amide bonds. The molecular formula is C17H15Cl2F2NOS. The van der Waals surface area contributed by atoms with E-state index in [9.17, 15) is 13.6 Å². The van der Waals surface area contributed by atoms with E-state index in [-0.39, 0.29) is 11.9 Å². The van der Waals surface area contributed by atoms with Gasteiger partial charge in [-0.2, -0.15) is 0 Å². The van der Waals surface area contributed by atoms with Gasteiger partial charge in [-0.1, -0.05) is 29.3 Å². The number of benzene rings is 2. The summed E-state index contributed by atoms with van der Waals surface area (Å²) in [5, 5.41) is 3.35. The minimum atomic E-state index is -0.936. The second-order valence-electron chi connectivity index (χ2n) is 5.23. The summed E-state index contributed by atoms with van der Waals surface area (Å²) in [4.78, 5) is 12.8. The zero-order valence-corrected chi connectivity index (χ0v) is 15.3. The lowest BCUT2D eigenvalue weighted by atomic mass is 10.1. The number of hydrogen-bond donors (Lipinski definition) is 1. The van der Waals surface area contributed by atoms with E-state index in [4.69, 9.17) is 23.2 Å². The molecule has 0 saturated carbocycles. The first-order valence-electron chi connectivity index (χ1n) is 7.15. The molecule has 2 rings (SSSR count). The molecule has 2 nitrogen and oxygen atoms in total. The number of carbonyl (C=O) groups excluding carboxylic acids is 1. The summed E-state index contributed by atoms with van der Waals surface area (Å²) in [6.07, 6.45) is 0. The fourth-order valence-corrected chi connectivity index (χ4v) is 3.54. The lowest BCUT2D eigenvalue weighted by Gasteiger charge is -2.19. The Balaban J connectivity index is 2.01. The van der Waals surface area contributed by atoms with Gasteiger partial charge in [0.05, 0.1) is 11.3 Å². The highest BCUT2D eigenvalue weighted by molar-refractivity contribution is 8.00. The van der Waals surface area contributed by atoms with Crippen molar-refractivity contribution in [1.82, 2.24) is 5.32 Å². The van der Waals surface area contributed by atoms with Gasteiger partial charge in [-0.3, -0.25) is 4.79 Å². The van der Waals surface area contributed by atoms with Gasteiger partial charge < -0.3 is 5.32 Å². The predicted octanol–water partition coefficient (Wildman–Crippen LogP) is 5.63. The van der Waals surface area contributed by atoms with Crippen LogP contribution in [-0.4, -0.2) is 11.2 Å². The average Bonchev–Trinajstić information content (AvgIpc) is 2.50. The van der Waals surface area contributed by atoms with E-state index < -0.39 is 16.9 Å². The zero-order chi connectivity index (χ0) is 17.9. The second-order valence-corrected chi connectivity index (χ2v) is 7.49. The van der Waals surface area contributed by atoms with E-state index in [0.717, 1.165) is 29.5 Å². The van der Waals surface area contributed by atoms with Crippen LogP contribution in [0.3, 0.4) is 0 Å². The Morgan fingerprint density at radius 1 is 1.08 bits per heavy atom. The molecule has 0 bridgehead atoms. The predicted molar refractivity (Wildman–Crippen MR) is 94.7 cm³/mol. The molecule has 0 spiro atoms. The van der Waals surface area contributed by atoms with Gasteiger partial charge in [0.1, 0.15) is 0 Å². The Labute approximate surface area is 153 Å². The van der Waals surface area contributed by atoms with Crippen LogP contribution >= 0.6 is 35.0 Å². The molecule has 2 atom stereocenters. The minimum Gasteiger partial charge on any atom is -0.349 e. The van der Waals surface area contributed by atoms with Crippen molar-refractivity contribution in [3.05, 3.63) is 63.6 Å². The van der Waals surface area contributed by atoms with Gasteiger partial charge in [-0.05, 0) is 49.7 Å². The Bertz CT molecular complexity index is 757. The van der Waals surface area contributed by atoms with Gasteiger partial charge in [0.25, 0.3) is 0 Å². The van der Waals surface area contributed by atoms with E-state index in [1.54, 1.807) is 25.1 Å². The van der Waals surface area contributed by atoms with Crippen molar-refractivity contribution in [3.63, 3.8) is 0 Å². The third kappa shape index (κ3) is 4.85. The molecule has 0 fully saturated rings. The first-order valence-corrected chi connectivity index (χ1v) is 8.78. The molecule has 24 heavy (non-hydrogen) atoms. The molecule has 2 aromatic rings. The van der Waals surface area contributed by atoms with Crippen LogP contribution in [0.2, 0.25) is 10.0 Å². The molecule has 0 radical (unpaired) electrons. The van der Waals surface area contributed by atoms with Gasteiger partial charge in [0, 0.05) is 14.9 Å². The Hall–Kier alpha value is -1.30. The number of thioether (sulfide) groups is 1. The van der Waals surface area contributed by atoms with Gasteiger partial charge in [-0.25, -0.2) is 8.78 Å². The fourth-order valence-electron chi connectivity index (χ4n) is 2.07. The molecular weight excluding hydrogens is 375 g/mol.